The van der Waals surface area contributed by atoms with E-state index in [1.165, 1.54) is 4.90 Å². The second-order valence-corrected chi connectivity index (χ2v) is 11.9. The van der Waals surface area contributed by atoms with Crippen molar-refractivity contribution in [1.82, 2.24) is 23.7 Å². The van der Waals surface area contributed by atoms with E-state index < -0.39 is 0 Å². The quantitative estimate of drug-likeness (QED) is 0.199. The molecule has 1 aliphatic rings. The number of carbonyl (C=O) groups excluding carboxylic acids is 1. The third-order valence-corrected chi connectivity index (χ3v) is 8.61. The number of nitrogens with zero attached hydrogens (tertiary/aromatic N) is 5. The van der Waals surface area contributed by atoms with E-state index in [9.17, 15) is 4.79 Å². The first-order valence-electron chi connectivity index (χ1n) is 12.9. The normalized spacial score (nSPS) is 15.8. The van der Waals surface area contributed by atoms with Crippen molar-refractivity contribution in [3.05, 3.63) is 77.4 Å². The van der Waals surface area contributed by atoms with Crippen LogP contribution >= 0.6 is 34.9 Å². The molecule has 9 nitrogen and oxygen atoms in total. The van der Waals surface area contributed by atoms with Gasteiger partial charge in [0.2, 0.25) is 11.9 Å². The summed E-state index contributed by atoms with van der Waals surface area (Å²) >= 11 is 9.35. The van der Waals surface area contributed by atoms with Crippen LogP contribution in [0.4, 0.5) is 11.6 Å². The SMILES string of the molecule is NCC(=O)Nc1cccc(-c2nc3sccn3c2-c2ccnc(NC3CCCN(Sc4ccc(Cl)cc4)C3)n2)c1. The van der Waals surface area contributed by atoms with Gasteiger partial charge in [0.1, 0.15) is 5.69 Å². The molecule has 4 N–H and O–H groups in total. The van der Waals surface area contributed by atoms with E-state index in [1.807, 2.05) is 70.6 Å². The Bertz CT molecular complexity index is 1640. The molecular formula is C28H27ClN8OS2. The molecule has 12 heteroatoms. The van der Waals surface area contributed by atoms with Crippen LogP contribution < -0.4 is 16.4 Å². The van der Waals surface area contributed by atoms with Gasteiger partial charge >= 0.3 is 0 Å². The van der Waals surface area contributed by atoms with Gasteiger partial charge in [-0.3, -0.25) is 9.20 Å². The minimum absolute atomic E-state index is 0.0784. The zero-order valence-electron chi connectivity index (χ0n) is 21.5. The Balaban J connectivity index is 1.25. The molecule has 1 saturated heterocycles. The van der Waals surface area contributed by atoms with E-state index in [-0.39, 0.29) is 18.5 Å². The maximum Gasteiger partial charge on any atom is 0.238 e. The van der Waals surface area contributed by atoms with Crippen LogP contribution in [0.2, 0.25) is 5.02 Å². The number of hydrogen-bond acceptors (Lipinski definition) is 9. The van der Waals surface area contributed by atoms with Crippen LogP contribution in [0.5, 0.6) is 0 Å². The van der Waals surface area contributed by atoms with Gasteiger partial charge in [-0.05, 0) is 67.3 Å². The zero-order chi connectivity index (χ0) is 27.5. The summed E-state index contributed by atoms with van der Waals surface area (Å²) in [7, 11) is 0. The molecule has 1 aliphatic heterocycles. The van der Waals surface area contributed by atoms with Crippen molar-refractivity contribution in [3.8, 4) is 22.6 Å². The molecule has 204 valence electrons. The Kier molecular flexibility index (Phi) is 7.98. The number of piperidine rings is 1. The van der Waals surface area contributed by atoms with Crippen LogP contribution in [0.25, 0.3) is 27.6 Å². The van der Waals surface area contributed by atoms with E-state index in [4.69, 9.17) is 27.3 Å². The Morgan fingerprint density at radius 2 is 2.05 bits per heavy atom. The lowest BCUT2D eigenvalue weighted by Gasteiger charge is -2.32. The van der Waals surface area contributed by atoms with E-state index >= 15 is 0 Å². The summed E-state index contributed by atoms with van der Waals surface area (Å²) in [6, 6.07) is 17.7. The Labute approximate surface area is 244 Å². The fourth-order valence-corrected chi connectivity index (χ4v) is 6.59. The molecule has 2 aromatic carbocycles. The van der Waals surface area contributed by atoms with Crippen LogP contribution in [-0.2, 0) is 4.79 Å². The van der Waals surface area contributed by atoms with Crippen molar-refractivity contribution in [3.63, 3.8) is 0 Å². The lowest BCUT2D eigenvalue weighted by Crippen LogP contribution is -2.38. The molecule has 0 bridgehead atoms. The maximum atomic E-state index is 11.9. The van der Waals surface area contributed by atoms with Gasteiger partial charge < -0.3 is 16.4 Å². The first-order chi connectivity index (χ1) is 19.6. The van der Waals surface area contributed by atoms with Crippen molar-refractivity contribution >= 4 is 57.4 Å². The summed E-state index contributed by atoms with van der Waals surface area (Å²) in [6.07, 6.45) is 5.89. The van der Waals surface area contributed by atoms with Gasteiger partial charge in [-0.25, -0.2) is 19.3 Å². The van der Waals surface area contributed by atoms with Gasteiger partial charge in [0.25, 0.3) is 0 Å². The fourth-order valence-electron chi connectivity index (χ4n) is 4.72. The number of rotatable bonds is 8. The van der Waals surface area contributed by atoms with E-state index in [1.54, 1.807) is 29.5 Å². The first-order valence-corrected chi connectivity index (χ1v) is 14.9. The third kappa shape index (κ3) is 5.98. The molecule has 5 aromatic rings. The number of thiazole rings is 1. The predicted octanol–water partition coefficient (Wildman–Crippen LogP) is 5.65. The van der Waals surface area contributed by atoms with Crippen LogP contribution in [0, 0.1) is 0 Å². The predicted molar refractivity (Wildman–Crippen MR) is 163 cm³/mol. The molecule has 1 fully saturated rings. The molecule has 1 unspecified atom stereocenters. The summed E-state index contributed by atoms with van der Waals surface area (Å²) in [6.45, 7) is 1.81. The number of nitrogens with one attached hydrogen (secondary N) is 2. The molecule has 0 spiro atoms. The Morgan fingerprint density at radius 3 is 2.90 bits per heavy atom. The van der Waals surface area contributed by atoms with Crippen LogP contribution in [0.15, 0.2) is 77.3 Å². The van der Waals surface area contributed by atoms with Gasteiger partial charge in [-0.15, -0.1) is 11.3 Å². The number of nitrogens with two attached hydrogens (primary N) is 1. The molecule has 3 aromatic heterocycles. The molecule has 0 aliphatic carbocycles. The number of amides is 1. The van der Waals surface area contributed by atoms with Crippen molar-refractivity contribution in [1.29, 1.82) is 0 Å². The van der Waals surface area contributed by atoms with Crippen LogP contribution in [0.1, 0.15) is 12.8 Å². The molecular weight excluding hydrogens is 564 g/mol. The van der Waals surface area contributed by atoms with Gasteiger partial charge in [0.05, 0.1) is 17.9 Å². The minimum atomic E-state index is -0.248. The Morgan fingerprint density at radius 1 is 1.18 bits per heavy atom. The lowest BCUT2D eigenvalue weighted by atomic mass is 10.1. The van der Waals surface area contributed by atoms with Crippen molar-refractivity contribution in [2.45, 2.75) is 23.8 Å². The smallest absolute Gasteiger partial charge is 0.238 e. The van der Waals surface area contributed by atoms with Gasteiger partial charge in [-0.2, -0.15) is 0 Å². The summed E-state index contributed by atoms with van der Waals surface area (Å²) in [5, 5.41) is 9.13. The van der Waals surface area contributed by atoms with E-state index in [0.717, 1.165) is 58.6 Å². The highest BCUT2D eigenvalue weighted by Gasteiger charge is 2.23. The number of anilines is 2. The first kappa shape index (κ1) is 26.7. The summed E-state index contributed by atoms with van der Waals surface area (Å²) in [5.74, 6) is 0.337. The highest BCUT2D eigenvalue weighted by atomic mass is 35.5. The summed E-state index contributed by atoms with van der Waals surface area (Å²) in [4.78, 5) is 28.3. The molecule has 1 atom stereocenters. The number of aromatic nitrogens is 4. The molecule has 40 heavy (non-hydrogen) atoms. The van der Waals surface area contributed by atoms with Crippen molar-refractivity contribution in [2.24, 2.45) is 5.73 Å². The van der Waals surface area contributed by atoms with E-state index in [2.05, 4.69) is 19.9 Å². The number of imidazole rings is 1. The van der Waals surface area contributed by atoms with Gasteiger partial charge in [0.15, 0.2) is 4.96 Å². The monoisotopic (exact) mass is 590 g/mol. The zero-order valence-corrected chi connectivity index (χ0v) is 23.8. The number of fused-ring (bicyclic) bond motifs is 1. The maximum absolute atomic E-state index is 11.9. The average molecular weight is 591 g/mol. The third-order valence-electron chi connectivity index (χ3n) is 6.53. The Hall–Kier alpha value is -3.48. The molecule has 0 radical (unpaired) electrons. The number of halogens is 1. The molecule has 0 saturated carbocycles. The summed E-state index contributed by atoms with van der Waals surface area (Å²) < 4.78 is 4.41. The average Bonchev–Trinajstić information content (AvgIpc) is 3.57. The number of hydrogen-bond donors (Lipinski definition) is 3. The largest absolute Gasteiger partial charge is 0.350 e. The second kappa shape index (κ2) is 11.9. The molecule has 1 amide bonds. The highest BCUT2D eigenvalue weighted by Crippen LogP contribution is 2.35. The fraction of sp³-hybridized carbons (Fsp3) is 0.214. The van der Waals surface area contributed by atoms with Crippen LogP contribution in [0.3, 0.4) is 0 Å². The lowest BCUT2D eigenvalue weighted by molar-refractivity contribution is -0.114. The van der Waals surface area contributed by atoms with Gasteiger partial charge in [0, 0.05) is 58.1 Å². The van der Waals surface area contributed by atoms with E-state index in [0.29, 0.717) is 11.6 Å². The highest BCUT2D eigenvalue weighted by molar-refractivity contribution is 7.97. The minimum Gasteiger partial charge on any atom is -0.350 e. The molecule has 4 heterocycles. The van der Waals surface area contributed by atoms with Gasteiger partial charge in [-0.1, -0.05) is 23.7 Å². The molecule has 6 rings (SSSR count). The van der Waals surface area contributed by atoms with Crippen molar-refractivity contribution < 1.29 is 4.79 Å². The number of benzene rings is 2. The summed E-state index contributed by atoms with van der Waals surface area (Å²) in [5.41, 5.74) is 9.43. The number of carbonyl (C=O) groups is 1. The topological polar surface area (TPSA) is 113 Å². The van der Waals surface area contributed by atoms with Crippen LogP contribution in [-0.4, -0.2) is 55.2 Å². The van der Waals surface area contributed by atoms with Crippen molar-refractivity contribution in [2.75, 3.05) is 30.3 Å². The standard InChI is InChI=1S/C28H27ClN8OS2/c29-19-6-8-22(9-7-19)40-36-12-2-5-21(17-36)33-27-31-11-10-23(34-27)26-25(35-28-37(26)13-14-39-28)18-3-1-4-20(15-18)32-24(38)16-30/h1,3-4,6-11,13-15,21H,2,5,12,16-17,30H2,(H,32,38)(H,31,33,34). The second-order valence-electron chi connectivity index (χ2n) is 9.38.